The maximum atomic E-state index is 11.9. The van der Waals surface area contributed by atoms with Crippen molar-refractivity contribution in [2.45, 2.75) is 51.2 Å². The predicted molar refractivity (Wildman–Crippen MR) is 82.5 cm³/mol. The van der Waals surface area contributed by atoms with Crippen LogP contribution in [0.4, 0.5) is 0 Å². The molecule has 1 amide bonds. The summed E-state index contributed by atoms with van der Waals surface area (Å²) in [6.07, 6.45) is 6.97. The van der Waals surface area contributed by atoms with Crippen molar-refractivity contribution in [3.63, 3.8) is 0 Å². The lowest BCUT2D eigenvalue weighted by molar-refractivity contribution is -0.123. The highest BCUT2D eigenvalue weighted by Crippen LogP contribution is 2.23. The summed E-state index contributed by atoms with van der Waals surface area (Å²) in [5, 5.41) is 12.8. The van der Waals surface area contributed by atoms with E-state index in [4.69, 9.17) is 16.3 Å². The van der Waals surface area contributed by atoms with Crippen molar-refractivity contribution in [1.29, 1.82) is 0 Å². The number of ether oxygens (including phenoxy) is 1. The number of halogens is 1. The van der Waals surface area contributed by atoms with E-state index in [1.807, 2.05) is 0 Å². The van der Waals surface area contributed by atoms with Crippen LogP contribution in [-0.4, -0.2) is 23.7 Å². The van der Waals surface area contributed by atoms with Crippen molar-refractivity contribution in [2.24, 2.45) is 0 Å². The van der Waals surface area contributed by atoms with Crippen LogP contribution in [0.3, 0.4) is 0 Å². The van der Waals surface area contributed by atoms with Crippen LogP contribution in [0.1, 0.15) is 44.1 Å². The molecule has 1 aromatic carbocycles. The van der Waals surface area contributed by atoms with Gasteiger partial charge in [0.2, 0.25) is 0 Å². The first-order chi connectivity index (χ1) is 10.2. The zero-order valence-corrected chi connectivity index (χ0v) is 12.9. The number of hydrogen-bond donors (Lipinski definition) is 2. The Hall–Kier alpha value is -1.26. The summed E-state index contributed by atoms with van der Waals surface area (Å²) in [7, 11) is 0. The molecule has 0 heterocycles. The number of amides is 1. The van der Waals surface area contributed by atoms with Crippen molar-refractivity contribution in [1.82, 2.24) is 5.32 Å². The van der Waals surface area contributed by atoms with Crippen LogP contribution in [0.25, 0.3) is 0 Å². The van der Waals surface area contributed by atoms with E-state index < -0.39 is 0 Å². The van der Waals surface area contributed by atoms with Gasteiger partial charge in [0.15, 0.2) is 6.61 Å². The van der Waals surface area contributed by atoms with E-state index in [2.05, 4.69) is 5.32 Å². The number of aliphatic hydroxyl groups is 1. The summed E-state index contributed by atoms with van der Waals surface area (Å²) in [5.41, 5.74) is 0.588. The number of hydrogen-bond acceptors (Lipinski definition) is 3. The second-order valence-corrected chi connectivity index (χ2v) is 5.89. The minimum Gasteiger partial charge on any atom is -0.483 e. The number of carbonyl (C=O) groups is 1. The lowest BCUT2D eigenvalue weighted by Gasteiger charge is -2.17. The molecule has 0 radical (unpaired) electrons. The highest BCUT2D eigenvalue weighted by atomic mass is 35.5. The van der Waals surface area contributed by atoms with Gasteiger partial charge in [-0.2, -0.15) is 0 Å². The zero-order chi connectivity index (χ0) is 15.1. The number of benzene rings is 1. The smallest absolute Gasteiger partial charge is 0.258 e. The summed E-state index contributed by atoms with van der Waals surface area (Å²) in [4.78, 5) is 11.9. The maximum Gasteiger partial charge on any atom is 0.258 e. The van der Waals surface area contributed by atoms with Gasteiger partial charge in [-0.15, -0.1) is 0 Å². The number of rotatable bonds is 5. The third-order valence-corrected chi connectivity index (χ3v) is 4.01. The molecular weight excluding hydrogens is 290 g/mol. The quantitative estimate of drug-likeness (QED) is 0.822. The SMILES string of the molecule is O=C(COc1ccc(Cl)cc1CO)NC1CCCCCC1. The normalized spacial score (nSPS) is 16.3. The van der Waals surface area contributed by atoms with Gasteiger partial charge in [-0.1, -0.05) is 37.3 Å². The van der Waals surface area contributed by atoms with Gasteiger partial charge in [-0.05, 0) is 31.0 Å². The predicted octanol–water partition coefficient (Wildman–Crippen LogP) is 3.05. The van der Waals surface area contributed by atoms with Crippen molar-refractivity contribution in [3.8, 4) is 5.75 Å². The molecule has 2 N–H and O–H groups in total. The molecular formula is C16H22ClNO3. The first-order valence-electron chi connectivity index (χ1n) is 7.50. The molecule has 1 fully saturated rings. The fourth-order valence-electron chi connectivity index (χ4n) is 2.65. The Morgan fingerprint density at radius 2 is 2.00 bits per heavy atom. The van der Waals surface area contributed by atoms with Crippen LogP contribution in [-0.2, 0) is 11.4 Å². The summed E-state index contributed by atoms with van der Waals surface area (Å²) >= 11 is 5.86. The van der Waals surface area contributed by atoms with E-state index in [0.29, 0.717) is 16.3 Å². The first-order valence-corrected chi connectivity index (χ1v) is 7.88. The molecule has 0 aliphatic heterocycles. The molecule has 116 valence electrons. The Kier molecular flexibility index (Phi) is 6.33. The van der Waals surface area contributed by atoms with Crippen LogP contribution < -0.4 is 10.1 Å². The highest BCUT2D eigenvalue weighted by molar-refractivity contribution is 6.30. The maximum absolute atomic E-state index is 11.9. The van der Waals surface area contributed by atoms with Crippen molar-refractivity contribution >= 4 is 17.5 Å². The molecule has 1 aromatic rings. The first kappa shape index (κ1) is 16.1. The van der Waals surface area contributed by atoms with E-state index in [9.17, 15) is 9.90 Å². The topological polar surface area (TPSA) is 58.6 Å². The highest BCUT2D eigenvalue weighted by Gasteiger charge is 2.15. The largest absolute Gasteiger partial charge is 0.483 e. The van der Waals surface area contributed by atoms with Gasteiger partial charge < -0.3 is 15.2 Å². The average Bonchev–Trinajstić information content (AvgIpc) is 2.74. The van der Waals surface area contributed by atoms with Gasteiger partial charge >= 0.3 is 0 Å². The molecule has 0 spiro atoms. The summed E-state index contributed by atoms with van der Waals surface area (Å²) < 4.78 is 5.49. The van der Waals surface area contributed by atoms with Crippen LogP contribution in [0.2, 0.25) is 5.02 Å². The molecule has 1 aliphatic carbocycles. The fraction of sp³-hybridized carbons (Fsp3) is 0.562. The Morgan fingerprint density at radius 1 is 1.29 bits per heavy atom. The molecule has 0 unspecified atom stereocenters. The minimum absolute atomic E-state index is 0.0366. The van der Waals surface area contributed by atoms with E-state index in [1.165, 1.54) is 25.7 Å². The molecule has 21 heavy (non-hydrogen) atoms. The van der Waals surface area contributed by atoms with E-state index in [0.717, 1.165) is 12.8 Å². The van der Waals surface area contributed by atoms with Crippen LogP contribution in [0.5, 0.6) is 5.75 Å². The fourth-order valence-corrected chi connectivity index (χ4v) is 2.84. The number of aliphatic hydroxyl groups excluding tert-OH is 1. The lowest BCUT2D eigenvalue weighted by atomic mass is 10.1. The molecule has 0 bridgehead atoms. The van der Waals surface area contributed by atoms with Gasteiger partial charge in [0.05, 0.1) is 6.61 Å². The van der Waals surface area contributed by atoms with E-state index in [1.54, 1.807) is 18.2 Å². The Labute approximate surface area is 130 Å². The lowest BCUT2D eigenvalue weighted by Crippen LogP contribution is -2.37. The third-order valence-electron chi connectivity index (χ3n) is 3.77. The zero-order valence-electron chi connectivity index (χ0n) is 12.1. The van der Waals surface area contributed by atoms with E-state index >= 15 is 0 Å². The number of carbonyl (C=O) groups excluding carboxylic acids is 1. The van der Waals surface area contributed by atoms with Crippen molar-refractivity contribution in [2.75, 3.05) is 6.61 Å². The van der Waals surface area contributed by atoms with Gasteiger partial charge in [0.1, 0.15) is 5.75 Å². The minimum atomic E-state index is -0.167. The van der Waals surface area contributed by atoms with Crippen molar-refractivity contribution in [3.05, 3.63) is 28.8 Å². The van der Waals surface area contributed by atoms with E-state index in [-0.39, 0.29) is 25.2 Å². The standard InChI is InChI=1S/C16H22ClNO3/c17-13-7-8-15(12(9-13)10-19)21-11-16(20)18-14-5-3-1-2-4-6-14/h7-9,14,19H,1-6,10-11H2,(H,18,20). The second kappa shape index (κ2) is 8.25. The van der Waals surface area contributed by atoms with Crippen molar-refractivity contribution < 1.29 is 14.6 Å². The Balaban J connectivity index is 1.83. The average molecular weight is 312 g/mol. The molecule has 1 aliphatic rings. The molecule has 0 saturated heterocycles. The Morgan fingerprint density at radius 3 is 2.67 bits per heavy atom. The number of nitrogens with one attached hydrogen (secondary N) is 1. The van der Waals surface area contributed by atoms with Gasteiger partial charge in [-0.3, -0.25) is 4.79 Å². The summed E-state index contributed by atoms with van der Waals surface area (Å²) in [6, 6.07) is 5.26. The van der Waals surface area contributed by atoms with Gasteiger partial charge in [0.25, 0.3) is 5.91 Å². The van der Waals surface area contributed by atoms with Gasteiger partial charge in [0, 0.05) is 16.6 Å². The van der Waals surface area contributed by atoms with Crippen LogP contribution in [0.15, 0.2) is 18.2 Å². The van der Waals surface area contributed by atoms with Crippen LogP contribution in [0, 0.1) is 0 Å². The summed E-state index contributed by atoms with van der Waals surface area (Å²) in [6.45, 7) is -0.203. The van der Waals surface area contributed by atoms with Crippen LogP contribution >= 0.6 is 11.6 Å². The molecule has 0 atom stereocenters. The molecule has 1 saturated carbocycles. The molecule has 2 rings (SSSR count). The molecule has 5 heteroatoms. The van der Waals surface area contributed by atoms with Gasteiger partial charge in [-0.25, -0.2) is 0 Å². The second-order valence-electron chi connectivity index (χ2n) is 5.45. The third kappa shape index (κ3) is 5.21. The molecule has 0 aromatic heterocycles. The monoisotopic (exact) mass is 311 g/mol. The summed E-state index contributed by atoms with van der Waals surface area (Å²) in [5.74, 6) is 0.388. The Bertz CT molecular complexity index is 471. The molecule has 4 nitrogen and oxygen atoms in total.